The summed E-state index contributed by atoms with van der Waals surface area (Å²) < 4.78 is 5.16. The second-order valence-corrected chi connectivity index (χ2v) is 7.26. The van der Waals surface area contributed by atoms with Crippen molar-refractivity contribution in [1.82, 2.24) is 10.6 Å². The molecule has 2 amide bonds. The summed E-state index contributed by atoms with van der Waals surface area (Å²) in [5.74, 6) is 0.0711. The van der Waals surface area contributed by atoms with Gasteiger partial charge in [-0.05, 0) is 53.9 Å². The zero-order valence-electron chi connectivity index (χ0n) is 16.8. The van der Waals surface area contributed by atoms with Crippen LogP contribution in [0.25, 0.3) is 0 Å². The van der Waals surface area contributed by atoms with E-state index in [1.54, 1.807) is 37.4 Å². The zero-order chi connectivity index (χ0) is 21.5. The first-order chi connectivity index (χ1) is 14.5. The average Bonchev–Trinajstić information content (AvgIpc) is 2.77. The van der Waals surface area contributed by atoms with Crippen LogP contribution in [0.4, 0.5) is 0 Å². The first-order valence-corrected chi connectivity index (χ1v) is 9.88. The van der Waals surface area contributed by atoms with Gasteiger partial charge in [0.15, 0.2) is 0 Å². The minimum Gasteiger partial charge on any atom is -0.497 e. The number of nitrogens with one attached hydrogen (secondary N) is 2. The van der Waals surface area contributed by atoms with Crippen LogP contribution < -0.4 is 15.4 Å². The lowest BCUT2D eigenvalue weighted by Gasteiger charge is -2.20. The largest absolute Gasteiger partial charge is 0.497 e. The maximum absolute atomic E-state index is 12.6. The number of hydrogen-bond donors (Lipinski definition) is 2. The van der Waals surface area contributed by atoms with Crippen molar-refractivity contribution in [2.45, 2.75) is 13.0 Å². The first kappa shape index (κ1) is 21.4. The highest BCUT2D eigenvalue weighted by Crippen LogP contribution is 2.23. The van der Waals surface area contributed by atoms with Gasteiger partial charge in [-0.25, -0.2) is 0 Å². The molecular formula is C24H23ClN2O3. The zero-order valence-corrected chi connectivity index (χ0v) is 17.6. The van der Waals surface area contributed by atoms with Crippen molar-refractivity contribution >= 4 is 23.4 Å². The molecule has 0 saturated carbocycles. The van der Waals surface area contributed by atoms with Gasteiger partial charge in [-0.3, -0.25) is 9.59 Å². The topological polar surface area (TPSA) is 67.4 Å². The first-order valence-electron chi connectivity index (χ1n) is 9.50. The number of carbonyl (C=O) groups excluding carboxylic acids is 2. The van der Waals surface area contributed by atoms with Crippen LogP contribution in [0.15, 0.2) is 72.8 Å². The molecule has 0 radical (unpaired) electrons. The molecule has 3 aromatic carbocycles. The van der Waals surface area contributed by atoms with Gasteiger partial charge in [0.05, 0.1) is 19.7 Å². The molecule has 3 aromatic rings. The Balaban J connectivity index is 1.69. The summed E-state index contributed by atoms with van der Waals surface area (Å²) in [6.07, 6.45) is 0. The molecule has 0 aliphatic carbocycles. The van der Waals surface area contributed by atoms with Crippen molar-refractivity contribution in [1.29, 1.82) is 0 Å². The van der Waals surface area contributed by atoms with Gasteiger partial charge in [-0.1, -0.05) is 54.1 Å². The van der Waals surface area contributed by atoms with Crippen LogP contribution in [0.3, 0.4) is 0 Å². The number of aryl methyl sites for hydroxylation is 1. The molecular weight excluding hydrogens is 400 g/mol. The Morgan fingerprint density at radius 2 is 1.63 bits per heavy atom. The van der Waals surface area contributed by atoms with Crippen molar-refractivity contribution in [3.63, 3.8) is 0 Å². The normalized spacial score (nSPS) is 11.4. The number of carbonyl (C=O) groups is 2. The summed E-state index contributed by atoms with van der Waals surface area (Å²) >= 11 is 6.00. The SMILES string of the molecule is COc1ccc(C(=O)NCC(=O)NC(c2ccccc2)c2ccc(Cl)cc2)c(C)c1. The lowest BCUT2D eigenvalue weighted by Crippen LogP contribution is -2.39. The third-order valence-corrected chi connectivity index (χ3v) is 4.98. The fourth-order valence-corrected chi connectivity index (χ4v) is 3.27. The van der Waals surface area contributed by atoms with Gasteiger partial charge in [0.2, 0.25) is 5.91 Å². The minimum absolute atomic E-state index is 0.138. The van der Waals surface area contributed by atoms with Gasteiger partial charge < -0.3 is 15.4 Å². The van der Waals surface area contributed by atoms with Crippen molar-refractivity contribution in [3.8, 4) is 5.75 Å². The van der Waals surface area contributed by atoms with E-state index in [2.05, 4.69) is 10.6 Å². The summed E-state index contributed by atoms with van der Waals surface area (Å²) in [4.78, 5) is 25.1. The average molecular weight is 423 g/mol. The Kier molecular flexibility index (Phi) is 7.09. The van der Waals surface area contributed by atoms with Crippen LogP contribution in [-0.2, 0) is 4.79 Å². The number of methoxy groups -OCH3 is 1. The van der Waals surface area contributed by atoms with Crippen molar-refractivity contribution < 1.29 is 14.3 Å². The van der Waals surface area contributed by atoms with Gasteiger partial charge in [-0.15, -0.1) is 0 Å². The van der Waals surface area contributed by atoms with E-state index in [1.807, 2.05) is 49.4 Å². The lowest BCUT2D eigenvalue weighted by atomic mass is 9.98. The fourth-order valence-electron chi connectivity index (χ4n) is 3.15. The molecule has 0 bridgehead atoms. The summed E-state index contributed by atoms with van der Waals surface area (Å²) in [5.41, 5.74) is 3.11. The molecule has 154 valence electrons. The lowest BCUT2D eigenvalue weighted by molar-refractivity contribution is -0.120. The molecule has 0 heterocycles. The Morgan fingerprint density at radius 1 is 0.967 bits per heavy atom. The molecule has 30 heavy (non-hydrogen) atoms. The number of rotatable bonds is 7. The van der Waals surface area contributed by atoms with E-state index in [9.17, 15) is 9.59 Å². The van der Waals surface area contributed by atoms with Crippen molar-refractivity contribution in [2.75, 3.05) is 13.7 Å². The molecule has 2 N–H and O–H groups in total. The molecule has 0 aliphatic rings. The van der Waals surface area contributed by atoms with Gasteiger partial charge in [0.1, 0.15) is 5.75 Å². The molecule has 0 aromatic heterocycles. The van der Waals surface area contributed by atoms with E-state index in [1.165, 1.54) is 0 Å². The number of benzene rings is 3. The second kappa shape index (κ2) is 9.94. The molecule has 0 spiro atoms. The standard InChI is InChI=1S/C24H23ClN2O3/c1-16-14-20(30-2)12-13-21(16)24(29)26-15-22(28)27-23(17-6-4-3-5-7-17)18-8-10-19(25)11-9-18/h3-14,23H,15H2,1-2H3,(H,26,29)(H,27,28). The van der Waals surface area contributed by atoms with Crippen LogP contribution in [0.5, 0.6) is 5.75 Å². The molecule has 0 saturated heterocycles. The smallest absolute Gasteiger partial charge is 0.251 e. The molecule has 3 rings (SSSR count). The third-order valence-electron chi connectivity index (χ3n) is 4.73. The van der Waals surface area contributed by atoms with Gasteiger partial charge >= 0.3 is 0 Å². The van der Waals surface area contributed by atoms with E-state index >= 15 is 0 Å². The fraction of sp³-hybridized carbons (Fsp3) is 0.167. The molecule has 6 heteroatoms. The van der Waals surface area contributed by atoms with Crippen molar-refractivity contribution in [3.05, 3.63) is 100 Å². The molecule has 0 fully saturated rings. The van der Waals surface area contributed by atoms with Crippen molar-refractivity contribution in [2.24, 2.45) is 0 Å². The van der Waals surface area contributed by atoms with E-state index in [0.717, 1.165) is 16.7 Å². The number of halogens is 1. The van der Waals surface area contributed by atoms with Gasteiger partial charge in [0.25, 0.3) is 5.91 Å². The van der Waals surface area contributed by atoms with E-state index in [4.69, 9.17) is 16.3 Å². The van der Waals surface area contributed by atoms with Crippen LogP contribution in [0.1, 0.15) is 33.1 Å². The van der Waals surface area contributed by atoms with Crippen LogP contribution in [-0.4, -0.2) is 25.5 Å². The third kappa shape index (κ3) is 5.39. The quantitative estimate of drug-likeness (QED) is 0.596. The van der Waals surface area contributed by atoms with E-state index in [0.29, 0.717) is 16.3 Å². The monoisotopic (exact) mass is 422 g/mol. The molecule has 0 aliphatic heterocycles. The molecule has 1 atom stereocenters. The summed E-state index contributed by atoms with van der Waals surface area (Å²) in [6.45, 7) is 1.69. The Bertz CT molecular complexity index is 1020. The second-order valence-electron chi connectivity index (χ2n) is 6.83. The highest BCUT2D eigenvalue weighted by molar-refractivity contribution is 6.30. The summed E-state index contributed by atoms with van der Waals surface area (Å²) in [7, 11) is 1.57. The maximum Gasteiger partial charge on any atom is 0.251 e. The predicted molar refractivity (Wildman–Crippen MR) is 118 cm³/mol. The number of ether oxygens (including phenoxy) is 1. The Hall–Kier alpha value is -3.31. The highest BCUT2D eigenvalue weighted by Gasteiger charge is 2.18. The Morgan fingerprint density at radius 3 is 2.27 bits per heavy atom. The maximum atomic E-state index is 12.6. The summed E-state index contributed by atoms with van der Waals surface area (Å²) in [5, 5.41) is 6.30. The van der Waals surface area contributed by atoms with E-state index < -0.39 is 0 Å². The van der Waals surface area contributed by atoms with Gasteiger partial charge in [-0.2, -0.15) is 0 Å². The number of hydrogen-bond acceptors (Lipinski definition) is 3. The Labute approximate surface area is 181 Å². The number of amides is 2. The van der Waals surface area contributed by atoms with Crippen LogP contribution in [0.2, 0.25) is 5.02 Å². The predicted octanol–water partition coefficient (Wildman–Crippen LogP) is 4.29. The minimum atomic E-state index is -0.351. The molecule has 1 unspecified atom stereocenters. The van der Waals surface area contributed by atoms with Crippen LogP contribution in [0, 0.1) is 6.92 Å². The summed E-state index contributed by atoms with van der Waals surface area (Å²) in [6, 6.07) is 21.8. The van der Waals surface area contributed by atoms with E-state index in [-0.39, 0.29) is 24.4 Å². The highest BCUT2D eigenvalue weighted by atomic mass is 35.5. The van der Waals surface area contributed by atoms with Crippen LogP contribution >= 0.6 is 11.6 Å². The van der Waals surface area contributed by atoms with Gasteiger partial charge in [0, 0.05) is 10.6 Å². The molecule has 5 nitrogen and oxygen atoms in total.